The maximum absolute atomic E-state index is 13.3. The number of anilines is 1. The Bertz CT molecular complexity index is 1150. The first-order chi connectivity index (χ1) is 15.9. The Labute approximate surface area is 201 Å². The van der Waals surface area contributed by atoms with Crippen LogP contribution in [0, 0.1) is 5.92 Å². The molecule has 1 aliphatic rings. The van der Waals surface area contributed by atoms with Crippen molar-refractivity contribution in [3.63, 3.8) is 0 Å². The number of pyridine rings is 1. The zero-order valence-electron chi connectivity index (χ0n) is 18.8. The van der Waals surface area contributed by atoms with E-state index in [4.69, 9.17) is 5.73 Å². The predicted molar refractivity (Wildman–Crippen MR) is 132 cm³/mol. The van der Waals surface area contributed by atoms with E-state index in [-0.39, 0.29) is 29.8 Å². The number of benzene rings is 1. The van der Waals surface area contributed by atoms with Crippen LogP contribution in [-0.4, -0.2) is 32.6 Å². The van der Waals surface area contributed by atoms with Gasteiger partial charge in [-0.2, -0.15) is 5.10 Å². The van der Waals surface area contributed by atoms with E-state index in [2.05, 4.69) is 36.6 Å². The van der Waals surface area contributed by atoms with E-state index in [0.29, 0.717) is 12.1 Å². The zero-order valence-corrected chi connectivity index (χ0v) is 20.4. The second kappa shape index (κ2) is 9.91. The number of nitrogens with one attached hydrogen (secondary N) is 2. The molecule has 1 saturated carbocycles. The van der Waals surface area contributed by atoms with Gasteiger partial charge in [0.1, 0.15) is 0 Å². The molecule has 3 aromatic rings. The van der Waals surface area contributed by atoms with Crippen molar-refractivity contribution in [3.8, 4) is 0 Å². The van der Waals surface area contributed by atoms with Crippen LogP contribution >= 0.6 is 15.9 Å². The number of aromatic nitrogens is 3. The fourth-order valence-electron chi connectivity index (χ4n) is 4.42. The molecule has 1 atom stereocenters. The van der Waals surface area contributed by atoms with E-state index in [0.717, 1.165) is 52.4 Å². The number of rotatable bonds is 7. The molecule has 174 valence electrons. The lowest BCUT2D eigenvalue weighted by atomic mass is 9.85. The van der Waals surface area contributed by atoms with Gasteiger partial charge in [0.25, 0.3) is 5.91 Å². The van der Waals surface area contributed by atoms with Gasteiger partial charge in [-0.05, 0) is 57.2 Å². The van der Waals surface area contributed by atoms with Gasteiger partial charge in [-0.3, -0.25) is 9.59 Å². The monoisotopic (exact) mass is 512 g/mol. The Balaban J connectivity index is 1.61. The smallest absolute Gasteiger partial charge is 0.255 e. The Morgan fingerprint density at radius 1 is 1.18 bits per heavy atom. The van der Waals surface area contributed by atoms with Crippen LogP contribution in [0.1, 0.15) is 61.5 Å². The molecule has 0 unspecified atom stereocenters. The predicted octanol–water partition coefficient (Wildman–Crippen LogP) is 4.16. The average Bonchev–Trinajstić information content (AvgIpc) is 3.23. The van der Waals surface area contributed by atoms with Gasteiger partial charge in [0.15, 0.2) is 5.65 Å². The van der Waals surface area contributed by atoms with Crippen LogP contribution in [0.3, 0.4) is 0 Å². The standard InChI is InChI=1S/C24H29BrN6O2/c1-3-31-23-19(13-28-31)21(30-18-10-6-16(7-11-18)22(26)32)20(12-27-23)24(33)29-14(2)15-4-8-17(25)9-5-15/h4-5,8-9,12-14,16,18H,3,6-7,10-11H2,1-2H3,(H2,26,32)(H,27,30)(H,29,33)/t14-,16-,18+/m1/s1. The summed E-state index contributed by atoms with van der Waals surface area (Å²) in [7, 11) is 0. The Morgan fingerprint density at radius 3 is 2.52 bits per heavy atom. The van der Waals surface area contributed by atoms with Gasteiger partial charge in [-0.25, -0.2) is 9.67 Å². The second-order valence-corrected chi connectivity index (χ2v) is 9.50. The van der Waals surface area contributed by atoms with Gasteiger partial charge in [0.2, 0.25) is 5.91 Å². The van der Waals surface area contributed by atoms with Crippen molar-refractivity contribution >= 4 is 44.5 Å². The van der Waals surface area contributed by atoms with Gasteiger partial charge in [0.05, 0.1) is 28.9 Å². The molecule has 2 heterocycles. The summed E-state index contributed by atoms with van der Waals surface area (Å²) in [6, 6.07) is 7.86. The van der Waals surface area contributed by atoms with Crippen molar-refractivity contribution in [2.45, 2.75) is 58.2 Å². The van der Waals surface area contributed by atoms with E-state index in [1.807, 2.05) is 42.8 Å². The Hall–Kier alpha value is -2.94. The molecule has 1 aromatic carbocycles. The highest BCUT2D eigenvalue weighted by molar-refractivity contribution is 9.10. The van der Waals surface area contributed by atoms with Crippen LogP contribution in [0.15, 0.2) is 41.1 Å². The van der Waals surface area contributed by atoms with Crippen molar-refractivity contribution < 1.29 is 9.59 Å². The summed E-state index contributed by atoms with van der Waals surface area (Å²) in [5.74, 6) is -0.499. The lowest BCUT2D eigenvalue weighted by Crippen LogP contribution is -2.33. The lowest BCUT2D eigenvalue weighted by molar-refractivity contribution is -0.122. The number of amides is 2. The molecule has 0 saturated heterocycles. The first-order valence-electron chi connectivity index (χ1n) is 11.3. The fourth-order valence-corrected chi connectivity index (χ4v) is 4.69. The molecular formula is C24H29BrN6O2. The molecule has 8 nitrogen and oxygen atoms in total. The minimum absolute atomic E-state index is 0.0714. The van der Waals surface area contributed by atoms with Crippen LogP contribution in [0.2, 0.25) is 0 Å². The van der Waals surface area contributed by atoms with Crippen molar-refractivity contribution in [1.29, 1.82) is 0 Å². The van der Waals surface area contributed by atoms with E-state index in [1.54, 1.807) is 12.4 Å². The SMILES string of the molecule is CCn1ncc2c(N[C@H]3CC[C@@H](C(N)=O)CC3)c(C(=O)N[C@H](C)c3ccc(Br)cc3)cnc21. The number of hydrogen-bond acceptors (Lipinski definition) is 5. The number of fused-ring (bicyclic) bond motifs is 1. The summed E-state index contributed by atoms with van der Waals surface area (Å²) in [5, 5.41) is 11.9. The first-order valence-corrected chi connectivity index (χ1v) is 12.1. The average molecular weight is 513 g/mol. The minimum atomic E-state index is -0.231. The molecule has 2 amide bonds. The zero-order chi connectivity index (χ0) is 23.5. The molecule has 9 heteroatoms. The first kappa shape index (κ1) is 23.2. The van der Waals surface area contributed by atoms with Crippen LogP contribution in [0.4, 0.5) is 5.69 Å². The largest absolute Gasteiger partial charge is 0.381 e. The number of nitrogens with zero attached hydrogens (tertiary/aromatic N) is 3. The maximum Gasteiger partial charge on any atom is 0.255 e. The van der Waals surface area contributed by atoms with Gasteiger partial charge in [-0.15, -0.1) is 0 Å². The van der Waals surface area contributed by atoms with Crippen molar-refractivity contribution in [1.82, 2.24) is 20.1 Å². The molecule has 0 radical (unpaired) electrons. The number of carbonyl (C=O) groups is 2. The lowest BCUT2D eigenvalue weighted by Gasteiger charge is -2.29. The molecular weight excluding hydrogens is 484 g/mol. The highest BCUT2D eigenvalue weighted by Crippen LogP contribution is 2.32. The van der Waals surface area contributed by atoms with E-state index >= 15 is 0 Å². The quantitative estimate of drug-likeness (QED) is 0.439. The summed E-state index contributed by atoms with van der Waals surface area (Å²) in [6.45, 7) is 4.65. The summed E-state index contributed by atoms with van der Waals surface area (Å²) in [5.41, 5.74) is 8.47. The van der Waals surface area contributed by atoms with Crippen molar-refractivity contribution in [3.05, 3.63) is 52.3 Å². The van der Waals surface area contributed by atoms with Crippen LogP contribution < -0.4 is 16.4 Å². The topological polar surface area (TPSA) is 115 Å². The number of primary amides is 1. The van der Waals surface area contributed by atoms with Gasteiger partial charge >= 0.3 is 0 Å². The third-order valence-electron chi connectivity index (χ3n) is 6.41. The molecule has 0 spiro atoms. The molecule has 33 heavy (non-hydrogen) atoms. The Morgan fingerprint density at radius 2 is 1.88 bits per heavy atom. The highest BCUT2D eigenvalue weighted by atomic mass is 79.9. The van der Waals surface area contributed by atoms with Crippen molar-refractivity contribution in [2.75, 3.05) is 5.32 Å². The van der Waals surface area contributed by atoms with Crippen LogP contribution in [-0.2, 0) is 11.3 Å². The highest BCUT2D eigenvalue weighted by Gasteiger charge is 2.27. The maximum atomic E-state index is 13.3. The number of halogens is 1. The molecule has 1 aliphatic carbocycles. The molecule has 1 fully saturated rings. The van der Waals surface area contributed by atoms with E-state index < -0.39 is 0 Å². The normalized spacial score (nSPS) is 19.2. The molecule has 4 N–H and O–H groups in total. The molecule has 2 aromatic heterocycles. The summed E-state index contributed by atoms with van der Waals surface area (Å²) in [4.78, 5) is 29.4. The fraction of sp³-hybridized carbons (Fsp3) is 0.417. The number of carbonyl (C=O) groups excluding carboxylic acids is 2. The van der Waals surface area contributed by atoms with Gasteiger partial charge in [0, 0.05) is 29.2 Å². The number of nitrogens with two attached hydrogens (primary N) is 1. The number of hydrogen-bond donors (Lipinski definition) is 3. The van der Waals surface area contributed by atoms with Gasteiger partial charge < -0.3 is 16.4 Å². The van der Waals surface area contributed by atoms with Crippen LogP contribution in [0.5, 0.6) is 0 Å². The Kier molecular flexibility index (Phi) is 6.97. The molecule has 0 bridgehead atoms. The third-order valence-corrected chi connectivity index (χ3v) is 6.93. The van der Waals surface area contributed by atoms with Crippen LogP contribution in [0.25, 0.3) is 11.0 Å². The summed E-state index contributed by atoms with van der Waals surface area (Å²) >= 11 is 3.44. The molecule has 0 aliphatic heterocycles. The van der Waals surface area contributed by atoms with Gasteiger partial charge in [-0.1, -0.05) is 28.1 Å². The van der Waals surface area contributed by atoms with E-state index in [1.165, 1.54) is 0 Å². The second-order valence-electron chi connectivity index (χ2n) is 8.59. The van der Waals surface area contributed by atoms with E-state index in [9.17, 15) is 9.59 Å². The summed E-state index contributed by atoms with van der Waals surface area (Å²) < 4.78 is 2.81. The minimum Gasteiger partial charge on any atom is -0.381 e. The molecule has 4 rings (SSSR count). The van der Waals surface area contributed by atoms with Crippen molar-refractivity contribution in [2.24, 2.45) is 11.7 Å². The summed E-state index contributed by atoms with van der Waals surface area (Å²) in [6.07, 6.45) is 6.51. The number of aryl methyl sites for hydroxylation is 1. The third kappa shape index (κ3) is 5.03.